The third kappa shape index (κ3) is 5.37. The molecule has 1 N–H and O–H groups in total. The van der Waals surface area contributed by atoms with Crippen molar-refractivity contribution in [3.63, 3.8) is 0 Å². The molecule has 37 heavy (non-hydrogen) atoms. The number of nitrogens with zero attached hydrogens (tertiary/aromatic N) is 2. The fourth-order valence-electron chi connectivity index (χ4n) is 5.71. The summed E-state index contributed by atoms with van der Waals surface area (Å²) in [6.07, 6.45) is 4.47. The van der Waals surface area contributed by atoms with Crippen molar-refractivity contribution in [2.45, 2.75) is 53.0 Å². The minimum atomic E-state index is -0.248. The summed E-state index contributed by atoms with van der Waals surface area (Å²) >= 11 is 0. The molecule has 2 unspecified atom stereocenters. The zero-order valence-corrected chi connectivity index (χ0v) is 22.2. The van der Waals surface area contributed by atoms with Gasteiger partial charge in [-0.1, -0.05) is 43.7 Å². The van der Waals surface area contributed by atoms with Crippen LogP contribution in [-0.4, -0.2) is 29.2 Å². The highest BCUT2D eigenvalue weighted by Gasteiger charge is 2.25. The number of fused-ring (bicyclic) bond motifs is 1. The molecule has 0 amide bonds. The number of nitrogens with one attached hydrogen (secondary N) is 1. The minimum absolute atomic E-state index is 0.0185. The molecular formula is C32H37FN3O+. The van der Waals surface area contributed by atoms with Gasteiger partial charge in [0.05, 0.1) is 30.5 Å². The average Bonchev–Trinajstić information content (AvgIpc) is 2.92. The summed E-state index contributed by atoms with van der Waals surface area (Å²) in [4.78, 5) is 20.6. The van der Waals surface area contributed by atoms with Crippen LogP contribution >= 0.6 is 0 Å². The Morgan fingerprint density at radius 1 is 1.00 bits per heavy atom. The van der Waals surface area contributed by atoms with Crippen LogP contribution in [-0.2, 0) is 13.0 Å². The predicted molar refractivity (Wildman–Crippen MR) is 150 cm³/mol. The Morgan fingerprint density at radius 3 is 2.49 bits per heavy atom. The minimum Gasteiger partial charge on any atom is -0.335 e. The maximum Gasteiger partial charge on any atom is 0.261 e. The van der Waals surface area contributed by atoms with Crippen molar-refractivity contribution < 1.29 is 9.29 Å². The first-order chi connectivity index (χ1) is 18.0. The fourth-order valence-corrected chi connectivity index (χ4v) is 5.71. The van der Waals surface area contributed by atoms with Gasteiger partial charge in [-0.2, -0.15) is 0 Å². The molecule has 1 aromatic heterocycles. The maximum absolute atomic E-state index is 14.1. The molecule has 192 valence electrons. The SMILES string of the molecule is CCCc1ccc(-c2ccc3nc(-c4ccc(F)c(C)c4)n(CC4CCC[NH+](CC)C4)c(=O)c3c2)cc1. The van der Waals surface area contributed by atoms with E-state index in [1.165, 1.54) is 24.6 Å². The number of aryl methyl sites for hydroxylation is 2. The molecule has 4 nitrogen and oxygen atoms in total. The first kappa shape index (κ1) is 25.3. The molecule has 0 aliphatic carbocycles. The van der Waals surface area contributed by atoms with Gasteiger partial charge in [0, 0.05) is 18.0 Å². The van der Waals surface area contributed by atoms with Gasteiger partial charge < -0.3 is 4.90 Å². The summed E-state index contributed by atoms with van der Waals surface area (Å²) in [5.41, 5.74) is 5.43. The summed E-state index contributed by atoms with van der Waals surface area (Å²) in [6.45, 7) is 10.2. The first-order valence-corrected chi connectivity index (χ1v) is 13.7. The zero-order valence-electron chi connectivity index (χ0n) is 22.2. The Labute approximate surface area is 218 Å². The molecule has 0 radical (unpaired) electrons. The summed E-state index contributed by atoms with van der Waals surface area (Å²) in [6, 6.07) is 19.6. The van der Waals surface area contributed by atoms with Gasteiger partial charge in [0.15, 0.2) is 0 Å². The van der Waals surface area contributed by atoms with Crippen LogP contribution in [0.15, 0.2) is 65.5 Å². The van der Waals surface area contributed by atoms with E-state index in [1.54, 1.807) is 24.0 Å². The third-order valence-corrected chi connectivity index (χ3v) is 7.86. The third-order valence-electron chi connectivity index (χ3n) is 7.86. The standard InChI is InChI=1S/C32H36FN3O/c1-4-7-23-9-11-25(12-10-23)26-14-16-30-28(19-26)32(37)36(21-24-8-6-17-35(5-2)20-24)31(34-30)27-13-15-29(33)22(3)18-27/h9-16,18-19,24H,4-8,17,20-21H2,1-3H3/p+1. The number of hydrogen-bond donors (Lipinski definition) is 1. The molecule has 1 saturated heterocycles. The highest BCUT2D eigenvalue weighted by atomic mass is 19.1. The number of benzene rings is 3. The highest BCUT2D eigenvalue weighted by Crippen LogP contribution is 2.27. The van der Waals surface area contributed by atoms with Gasteiger partial charge in [0.1, 0.15) is 11.6 Å². The van der Waals surface area contributed by atoms with Crippen LogP contribution < -0.4 is 10.5 Å². The second-order valence-electron chi connectivity index (χ2n) is 10.6. The average molecular weight is 499 g/mol. The lowest BCUT2D eigenvalue weighted by Gasteiger charge is -2.30. The van der Waals surface area contributed by atoms with Gasteiger partial charge in [-0.15, -0.1) is 0 Å². The zero-order chi connectivity index (χ0) is 25.9. The lowest BCUT2D eigenvalue weighted by molar-refractivity contribution is -0.907. The van der Waals surface area contributed by atoms with Crippen LogP contribution in [0, 0.1) is 18.7 Å². The van der Waals surface area contributed by atoms with Crippen LogP contribution in [0.1, 0.15) is 44.2 Å². The number of halogens is 1. The molecule has 0 spiro atoms. The van der Waals surface area contributed by atoms with Crippen LogP contribution in [0.5, 0.6) is 0 Å². The molecule has 1 fully saturated rings. The van der Waals surface area contributed by atoms with Gasteiger partial charge >= 0.3 is 0 Å². The van der Waals surface area contributed by atoms with Gasteiger partial charge in [-0.3, -0.25) is 9.36 Å². The van der Waals surface area contributed by atoms with Crippen molar-refractivity contribution in [1.29, 1.82) is 0 Å². The molecule has 0 bridgehead atoms. The van der Waals surface area contributed by atoms with Gasteiger partial charge in [0.2, 0.25) is 0 Å². The quantitative estimate of drug-likeness (QED) is 0.368. The number of quaternary nitrogens is 1. The number of hydrogen-bond acceptors (Lipinski definition) is 2. The van der Waals surface area contributed by atoms with Gasteiger partial charge in [-0.25, -0.2) is 9.37 Å². The second kappa shape index (κ2) is 11.0. The molecule has 0 saturated carbocycles. The number of likely N-dealkylation sites (tertiary alicyclic amines) is 1. The summed E-state index contributed by atoms with van der Waals surface area (Å²) in [5, 5.41) is 0.633. The van der Waals surface area contributed by atoms with E-state index in [0.717, 1.165) is 49.0 Å². The summed E-state index contributed by atoms with van der Waals surface area (Å²) < 4.78 is 15.9. The maximum atomic E-state index is 14.1. The molecule has 4 aromatic rings. The smallest absolute Gasteiger partial charge is 0.261 e. The molecule has 5 rings (SSSR count). The van der Waals surface area contributed by atoms with E-state index in [9.17, 15) is 9.18 Å². The number of piperidine rings is 1. The van der Waals surface area contributed by atoms with Gasteiger partial charge in [-0.05, 0) is 85.7 Å². The molecule has 2 heterocycles. The molecule has 2 atom stereocenters. The monoisotopic (exact) mass is 498 g/mol. The second-order valence-corrected chi connectivity index (χ2v) is 10.6. The van der Waals surface area contributed by atoms with E-state index in [2.05, 4.69) is 38.1 Å². The van der Waals surface area contributed by atoms with Crippen molar-refractivity contribution in [1.82, 2.24) is 9.55 Å². The Balaban J connectivity index is 1.61. The van der Waals surface area contributed by atoms with Crippen molar-refractivity contribution in [3.8, 4) is 22.5 Å². The van der Waals surface area contributed by atoms with Crippen molar-refractivity contribution in [2.75, 3.05) is 19.6 Å². The Morgan fingerprint density at radius 2 is 1.76 bits per heavy atom. The van der Waals surface area contributed by atoms with E-state index in [-0.39, 0.29) is 11.4 Å². The topological polar surface area (TPSA) is 39.3 Å². The molecular weight excluding hydrogens is 461 g/mol. The van der Waals surface area contributed by atoms with E-state index in [1.807, 2.05) is 22.8 Å². The molecule has 5 heteroatoms. The lowest BCUT2D eigenvalue weighted by Crippen LogP contribution is -3.13. The number of rotatable bonds is 7. The number of aromatic nitrogens is 2. The Kier molecular flexibility index (Phi) is 7.52. The summed E-state index contributed by atoms with van der Waals surface area (Å²) in [7, 11) is 0. The van der Waals surface area contributed by atoms with Crippen molar-refractivity contribution in [2.24, 2.45) is 5.92 Å². The van der Waals surface area contributed by atoms with Crippen LogP contribution in [0.4, 0.5) is 4.39 Å². The normalized spacial score (nSPS) is 17.8. The molecule has 1 aliphatic heterocycles. The molecule has 3 aromatic carbocycles. The Bertz CT molecular complexity index is 1460. The van der Waals surface area contributed by atoms with Crippen molar-refractivity contribution in [3.05, 3.63) is 88.0 Å². The predicted octanol–water partition coefficient (Wildman–Crippen LogP) is 5.45. The highest BCUT2D eigenvalue weighted by molar-refractivity contribution is 5.85. The lowest BCUT2D eigenvalue weighted by atomic mass is 9.97. The largest absolute Gasteiger partial charge is 0.335 e. The molecule has 1 aliphatic rings. The summed E-state index contributed by atoms with van der Waals surface area (Å²) in [5.74, 6) is 0.790. The van der Waals surface area contributed by atoms with Crippen molar-refractivity contribution >= 4 is 10.9 Å². The van der Waals surface area contributed by atoms with E-state index in [0.29, 0.717) is 34.8 Å². The van der Waals surface area contributed by atoms with E-state index in [4.69, 9.17) is 4.98 Å². The fraction of sp³-hybridized carbons (Fsp3) is 0.375. The van der Waals surface area contributed by atoms with Gasteiger partial charge in [0.25, 0.3) is 5.56 Å². The van der Waals surface area contributed by atoms with E-state index < -0.39 is 0 Å². The first-order valence-electron chi connectivity index (χ1n) is 13.7. The Hall–Kier alpha value is -3.31. The van der Waals surface area contributed by atoms with Crippen LogP contribution in [0.3, 0.4) is 0 Å². The van der Waals surface area contributed by atoms with Crippen LogP contribution in [0.25, 0.3) is 33.4 Å². The van der Waals surface area contributed by atoms with Crippen LogP contribution in [0.2, 0.25) is 0 Å². The van der Waals surface area contributed by atoms with E-state index >= 15 is 0 Å².